The number of halogens is 2. The van der Waals surface area contributed by atoms with Gasteiger partial charge in [-0.15, -0.1) is 11.6 Å². The van der Waals surface area contributed by atoms with E-state index in [1.165, 1.54) is 4.90 Å². The van der Waals surface area contributed by atoms with E-state index < -0.39 is 0 Å². The van der Waals surface area contributed by atoms with E-state index in [-0.39, 0.29) is 0 Å². The van der Waals surface area contributed by atoms with Gasteiger partial charge in [-0.25, -0.2) is 0 Å². The van der Waals surface area contributed by atoms with Crippen LogP contribution in [0.3, 0.4) is 0 Å². The zero-order chi connectivity index (χ0) is 11.4. The quantitative estimate of drug-likeness (QED) is 0.687. The Kier molecular flexibility index (Phi) is 4.16. The Labute approximate surface area is 110 Å². The fourth-order valence-corrected chi connectivity index (χ4v) is 2.57. The van der Waals surface area contributed by atoms with Crippen LogP contribution in [0.5, 0.6) is 0 Å². The second-order valence-corrected chi connectivity index (χ2v) is 5.10. The predicted octanol–water partition coefficient (Wildman–Crippen LogP) is 5.23. The Balaban J connectivity index is 2.18. The summed E-state index contributed by atoms with van der Waals surface area (Å²) in [4.78, 5) is 2.24. The third kappa shape index (κ3) is 2.94. The second-order valence-electron chi connectivity index (χ2n) is 3.31. The summed E-state index contributed by atoms with van der Waals surface area (Å²) >= 11 is 13.5. The molecule has 0 aromatic heterocycles. The highest BCUT2D eigenvalue weighted by molar-refractivity contribution is 7.99. The third-order valence-corrected chi connectivity index (χ3v) is 3.98. The van der Waals surface area contributed by atoms with Crippen molar-refractivity contribution in [1.29, 1.82) is 0 Å². The van der Waals surface area contributed by atoms with Gasteiger partial charge in [-0.2, -0.15) is 0 Å². The molecule has 0 saturated heterocycles. The lowest BCUT2D eigenvalue weighted by Gasteiger charge is -2.04. The van der Waals surface area contributed by atoms with Crippen LogP contribution in [0.4, 0.5) is 0 Å². The van der Waals surface area contributed by atoms with Gasteiger partial charge in [0, 0.05) is 15.7 Å². The number of benzene rings is 2. The molecule has 3 heteroatoms. The van der Waals surface area contributed by atoms with Crippen LogP contribution in [-0.4, -0.2) is 0 Å². The summed E-state index contributed by atoms with van der Waals surface area (Å²) in [5, 5.41) is 0.786. The molecule has 82 valence electrons. The van der Waals surface area contributed by atoms with E-state index in [1.54, 1.807) is 11.8 Å². The molecule has 0 radical (unpaired) electrons. The lowest BCUT2D eigenvalue weighted by molar-refractivity contribution is 1.33. The fraction of sp³-hybridized carbons (Fsp3) is 0.0769. The summed E-state index contributed by atoms with van der Waals surface area (Å²) in [6, 6.07) is 16.0. The van der Waals surface area contributed by atoms with Crippen LogP contribution < -0.4 is 0 Å². The predicted molar refractivity (Wildman–Crippen MR) is 71.6 cm³/mol. The molecule has 0 fully saturated rings. The molecule has 0 heterocycles. The zero-order valence-corrected chi connectivity index (χ0v) is 10.8. The van der Waals surface area contributed by atoms with Crippen molar-refractivity contribution in [3.05, 3.63) is 59.1 Å². The van der Waals surface area contributed by atoms with Crippen LogP contribution in [0.25, 0.3) is 0 Å². The van der Waals surface area contributed by atoms with E-state index in [2.05, 4.69) is 12.1 Å². The molecule has 2 aromatic rings. The summed E-state index contributed by atoms with van der Waals surface area (Å²) in [6.07, 6.45) is 0. The molecule has 0 unspecified atom stereocenters. The van der Waals surface area contributed by atoms with Gasteiger partial charge in [-0.1, -0.05) is 47.6 Å². The molecular weight excluding hydrogens is 259 g/mol. The first kappa shape index (κ1) is 11.8. The first-order valence-electron chi connectivity index (χ1n) is 4.87. The van der Waals surface area contributed by atoms with E-state index in [1.807, 2.05) is 36.4 Å². The molecule has 0 amide bonds. The van der Waals surface area contributed by atoms with Gasteiger partial charge >= 0.3 is 0 Å². The maximum atomic E-state index is 6.09. The second kappa shape index (κ2) is 5.62. The van der Waals surface area contributed by atoms with Crippen LogP contribution in [-0.2, 0) is 5.88 Å². The summed E-state index contributed by atoms with van der Waals surface area (Å²) < 4.78 is 0. The van der Waals surface area contributed by atoms with Crippen molar-refractivity contribution in [2.75, 3.05) is 0 Å². The largest absolute Gasteiger partial charge is 0.122 e. The number of hydrogen-bond acceptors (Lipinski definition) is 1. The minimum Gasteiger partial charge on any atom is -0.122 e. The van der Waals surface area contributed by atoms with Crippen LogP contribution in [0, 0.1) is 0 Å². The molecule has 0 nitrogen and oxygen atoms in total. The molecule has 0 aliphatic rings. The molecular formula is C13H10Cl2S. The van der Waals surface area contributed by atoms with Crippen LogP contribution in [0.15, 0.2) is 58.3 Å². The normalized spacial score (nSPS) is 10.4. The van der Waals surface area contributed by atoms with Gasteiger partial charge in [0.2, 0.25) is 0 Å². The van der Waals surface area contributed by atoms with E-state index in [0.29, 0.717) is 5.88 Å². The van der Waals surface area contributed by atoms with Gasteiger partial charge in [0.05, 0.1) is 5.02 Å². The maximum absolute atomic E-state index is 6.09. The lowest BCUT2D eigenvalue weighted by Crippen LogP contribution is -1.78. The lowest BCUT2D eigenvalue weighted by atomic mass is 10.2. The highest BCUT2D eigenvalue weighted by atomic mass is 35.5. The van der Waals surface area contributed by atoms with Gasteiger partial charge in [0.1, 0.15) is 0 Å². The molecule has 0 aliphatic heterocycles. The molecule has 0 atom stereocenters. The first-order chi connectivity index (χ1) is 7.79. The topological polar surface area (TPSA) is 0 Å². The molecule has 0 bridgehead atoms. The smallest absolute Gasteiger partial charge is 0.0545 e. The summed E-state index contributed by atoms with van der Waals surface area (Å²) in [5.41, 5.74) is 1.13. The van der Waals surface area contributed by atoms with E-state index in [9.17, 15) is 0 Å². The van der Waals surface area contributed by atoms with Crippen LogP contribution in [0.2, 0.25) is 5.02 Å². The van der Waals surface area contributed by atoms with Crippen molar-refractivity contribution in [2.45, 2.75) is 15.7 Å². The highest BCUT2D eigenvalue weighted by Crippen LogP contribution is 2.32. The summed E-state index contributed by atoms with van der Waals surface area (Å²) in [7, 11) is 0. The molecule has 0 N–H and O–H groups in total. The number of hydrogen-bond donors (Lipinski definition) is 0. The molecule has 16 heavy (non-hydrogen) atoms. The SMILES string of the molecule is ClCc1ccc(Sc2ccccc2Cl)cc1. The minimum absolute atomic E-state index is 0.553. The Morgan fingerprint density at radius 2 is 1.62 bits per heavy atom. The monoisotopic (exact) mass is 268 g/mol. The third-order valence-electron chi connectivity index (χ3n) is 2.14. The van der Waals surface area contributed by atoms with Crippen LogP contribution >= 0.6 is 35.0 Å². The molecule has 2 aromatic carbocycles. The van der Waals surface area contributed by atoms with Gasteiger partial charge in [-0.05, 0) is 29.8 Å². The highest BCUT2D eigenvalue weighted by Gasteiger charge is 2.01. The zero-order valence-electron chi connectivity index (χ0n) is 8.49. The summed E-state index contributed by atoms with van der Waals surface area (Å²) in [6.45, 7) is 0. The van der Waals surface area contributed by atoms with Crippen molar-refractivity contribution >= 4 is 35.0 Å². The van der Waals surface area contributed by atoms with E-state index >= 15 is 0 Å². The Hall–Kier alpha value is -0.630. The van der Waals surface area contributed by atoms with Crippen molar-refractivity contribution in [2.24, 2.45) is 0 Å². The average Bonchev–Trinajstić information content (AvgIpc) is 2.33. The van der Waals surface area contributed by atoms with Gasteiger partial charge in [0.15, 0.2) is 0 Å². The van der Waals surface area contributed by atoms with E-state index in [4.69, 9.17) is 23.2 Å². The van der Waals surface area contributed by atoms with Gasteiger partial charge in [-0.3, -0.25) is 0 Å². The van der Waals surface area contributed by atoms with Crippen molar-refractivity contribution in [3.8, 4) is 0 Å². The Morgan fingerprint density at radius 1 is 0.938 bits per heavy atom. The minimum atomic E-state index is 0.553. The fourth-order valence-electron chi connectivity index (χ4n) is 1.30. The van der Waals surface area contributed by atoms with Crippen LogP contribution in [0.1, 0.15) is 5.56 Å². The van der Waals surface area contributed by atoms with Gasteiger partial charge in [0.25, 0.3) is 0 Å². The van der Waals surface area contributed by atoms with Crippen molar-refractivity contribution < 1.29 is 0 Å². The van der Waals surface area contributed by atoms with Crippen molar-refractivity contribution in [3.63, 3.8) is 0 Å². The molecule has 2 rings (SSSR count). The maximum Gasteiger partial charge on any atom is 0.0545 e. The summed E-state index contributed by atoms with van der Waals surface area (Å²) in [5.74, 6) is 0.553. The van der Waals surface area contributed by atoms with Crippen molar-refractivity contribution in [1.82, 2.24) is 0 Å². The molecule has 0 spiro atoms. The number of rotatable bonds is 3. The standard InChI is InChI=1S/C13H10Cl2S/c14-9-10-5-7-11(8-6-10)16-13-4-2-1-3-12(13)15/h1-8H,9H2. The average molecular weight is 269 g/mol. The Morgan fingerprint density at radius 3 is 2.25 bits per heavy atom. The number of alkyl halides is 1. The van der Waals surface area contributed by atoms with E-state index in [0.717, 1.165) is 15.5 Å². The van der Waals surface area contributed by atoms with Gasteiger partial charge < -0.3 is 0 Å². The molecule has 0 saturated carbocycles. The first-order valence-corrected chi connectivity index (χ1v) is 6.60. The Bertz CT molecular complexity index is 466. The molecule has 0 aliphatic carbocycles.